The summed E-state index contributed by atoms with van der Waals surface area (Å²) in [6, 6.07) is -0.0312. The number of aromatic nitrogens is 2. The van der Waals surface area contributed by atoms with Crippen LogP contribution in [0.4, 0.5) is 4.79 Å². The highest BCUT2D eigenvalue weighted by Crippen LogP contribution is 2.15. The number of hydrogen-bond donors (Lipinski definition) is 1. The van der Waals surface area contributed by atoms with Gasteiger partial charge in [-0.3, -0.25) is 4.40 Å². The number of nitrogens with zero attached hydrogens (tertiary/aromatic N) is 3. The van der Waals surface area contributed by atoms with Crippen LogP contribution >= 0.6 is 11.3 Å². The highest BCUT2D eigenvalue weighted by Gasteiger charge is 2.26. The van der Waals surface area contributed by atoms with Gasteiger partial charge in [0.05, 0.1) is 18.3 Å². The number of likely N-dealkylation sites (tertiary alicyclic amines) is 1. The monoisotopic (exact) mass is 336 g/mol. The van der Waals surface area contributed by atoms with Gasteiger partial charge in [0, 0.05) is 37.5 Å². The standard InChI is InChI=1S/C16H24N4O2S/c1-12(2)4-7-22-14-3-5-19(11-14)15(21)17-9-13-10-20-6-8-23-16(20)18-13/h6,8,10,12,14H,3-5,7,9,11H2,1-2H3,(H,17,21)/t14-/m0/s1. The second-order valence-electron chi connectivity index (χ2n) is 6.39. The average molecular weight is 336 g/mol. The number of carbonyl (C=O) groups excluding carboxylic acids is 1. The molecular formula is C16H24N4O2S. The summed E-state index contributed by atoms with van der Waals surface area (Å²) in [7, 11) is 0. The van der Waals surface area contributed by atoms with Gasteiger partial charge in [0.25, 0.3) is 0 Å². The van der Waals surface area contributed by atoms with Gasteiger partial charge in [-0.05, 0) is 18.8 Å². The molecule has 0 spiro atoms. The lowest BCUT2D eigenvalue weighted by Gasteiger charge is -2.17. The molecule has 7 heteroatoms. The zero-order valence-corrected chi connectivity index (χ0v) is 14.5. The Morgan fingerprint density at radius 1 is 1.57 bits per heavy atom. The number of ether oxygens (including phenoxy) is 1. The molecule has 0 radical (unpaired) electrons. The summed E-state index contributed by atoms with van der Waals surface area (Å²) in [6.45, 7) is 7.07. The highest BCUT2D eigenvalue weighted by atomic mass is 32.1. The van der Waals surface area contributed by atoms with Crippen molar-refractivity contribution in [1.29, 1.82) is 0 Å². The molecular weight excluding hydrogens is 312 g/mol. The summed E-state index contributed by atoms with van der Waals surface area (Å²) < 4.78 is 7.82. The average Bonchev–Trinajstić information content (AvgIpc) is 3.19. The van der Waals surface area contributed by atoms with Crippen LogP contribution in [0.3, 0.4) is 0 Å². The number of nitrogens with one attached hydrogen (secondary N) is 1. The highest BCUT2D eigenvalue weighted by molar-refractivity contribution is 7.15. The van der Waals surface area contributed by atoms with Crippen molar-refractivity contribution in [2.24, 2.45) is 5.92 Å². The van der Waals surface area contributed by atoms with E-state index < -0.39 is 0 Å². The molecule has 6 nitrogen and oxygen atoms in total. The first-order valence-electron chi connectivity index (χ1n) is 8.17. The van der Waals surface area contributed by atoms with E-state index in [0.29, 0.717) is 19.0 Å². The molecule has 1 fully saturated rings. The van der Waals surface area contributed by atoms with Crippen LogP contribution in [0.5, 0.6) is 0 Å². The summed E-state index contributed by atoms with van der Waals surface area (Å²) in [6.07, 6.45) is 6.09. The van der Waals surface area contributed by atoms with Gasteiger partial charge in [0.15, 0.2) is 4.96 Å². The van der Waals surface area contributed by atoms with Gasteiger partial charge in [-0.25, -0.2) is 9.78 Å². The fourth-order valence-electron chi connectivity index (χ4n) is 2.66. The zero-order chi connectivity index (χ0) is 16.2. The Hall–Kier alpha value is -1.60. The van der Waals surface area contributed by atoms with Crippen LogP contribution < -0.4 is 5.32 Å². The van der Waals surface area contributed by atoms with E-state index in [4.69, 9.17) is 4.74 Å². The van der Waals surface area contributed by atoms with Gasteiger partial charge in [-0.1, -0.05) is 13.8 Å². The van der Waals surface area contributed by atoms with E-state index in [1.807, 2.05) is 27.1 Å². The molecule has 126 valence electrons. The van der Waals surface area contributed by atoms with Crippen LogP contribution in [0, 0.1) is 5.92 Å². The van der Waals surface area contributed by atoms with E-state index >= 15 is 0 Å². The number of urea groups is 1. The van der Waals surface area contributed by atoms with Crippen molar-refractivity contribution in [1.82, 2.24) is 19.6 Å². The van der Waals surface area contributed by atoms with Crippen molar-refractivity contribution in [2.75, 3.05) is 19.7 Å². The van der Waals surface area contributed by atoms with Crippen LogP contribution in [0.1, 0.15) is 32.4 Å². The molecule has 1 aliphatic rings. The third kappa shape index (κ3) is 4.23. The first-order valence-corrected chi connectivity index (χ1v) is 9.05. The number of carbonyl (C=O) groups is 1. The molecule has 3 heterocycles. The van der Waals surface area contributed by atoms with E-state index in [-0.39, 0.29) is 12.1 Å². The van der Waals surface area contributed by atoms with Crippen molar-refractivity contribution < 1.29 is 9.53 Å². The largest absolute Gasteiger partial charge is 0.376 e. The first-order chi connectivity index (χ1) is 11.1. The molecule has 3 rings (SSSR count). The smallest absolute Gasteiger partial charge is 0.317 e. The summed E-state index contributed by atoms with van der Waals surface area (Å²) in [5, 5.41) is 4.94. The van der Waals surface area contributed by atoms with E-state index in [1.54, 1.807) is 11.3 Å². The lowest BCUT2D eigenvalue weighted by Crippen LogP contribution is -2.38. The summed E-state index contributed by atoms with van der Waals surface area (Å²) in [5.74, 6) is 0.653. The third-order valence-corrected chi connectivity index (χ3v) is 4.82. The summed E-state index contributed by atoms with van der Waals surface area (Å²) in [5.41, 5.74) is 0.883. The Bertz CT molecular complexity index is 623. The molecule has 0 unspecified atom stereocenters. The first kappa shape index (κ1) is 16.3. The van der Waals surface area contributed by atoms with E-state index in [2.05, 4.69) is 24.1 Å². The topological polar surface area (TPSA) is 58.9 Å². The van der Waals surface area contributed by atoms with Gasteiger partial charge in [-0.15, -0.1) is 11.3 Å². The van der Waals surface area contributed by atoms with Gasteiger partial charge in [-0.2, -0.15) is 0 Å². The fraction of sp³-hybridized carbons (Fsp3) is 0.625. The van der Waals surface area contributed by atoms with Gasteiger partial charge in [0.1, 0.15) is 0 Å². The van der Waals surface area contributed by atoms with Crippen LogP contribution in [0.15, 0.2) is 17.8 Å². The lowest BCUT2D eigenvalue weighted by atomic mass is 10.1. The molecule has 0 aromatic carbocycles. The lowest BCUT2D eigenvalue weighted by molar-refractivity contribution is 0.0542. The quantitative estimate of drug-likeness (QED) is 0.882. The van der Waals surface area contributed by atoms with Crippen LogP contribution in [-0.4, -0.2) is 46.1 Å². The van der Waals surface area contributed by atoms with E-state index in [0.717, 1.165) is 36.6 Å². The van der Waals surface area contributed by atoms with Crippen molar-refractivity contribution in [2.45, 2.75) is 39.3 Å². The second-order valence-corrected chi connectivity index (χ2v) is 7.27. The molecule has 1 atom stereocenters. The number of thiazole rings is 1. The zero-order valence-electron chi connectivity index (χ0n) is 13.7. The van der Waals surface area contributed by atoms with Crippen molar-refractivity contribution in [3.8, 4) is 0 Å². The molecule has 23 heavy (non-hydrogen) atoms. The maximum Gasteiger partial charge on any atom is 0.317 e. The van der Waals surface area contributed by atoms with Gasteiger partial charge in [0.2, 0.25) is 0 Å². The Morgan fingerprint density at radius 2 is 2.43 bits per heavy atom. The second kappa shape index (κ2) is 7.31. The van der Waals surface area contributed by atoms with Crippen molar-refractivity contribution in [3.05, 3.63) is 23.5 Å². The normalized spacial score (nSPS) is 18.2. The Balaban J connectivity index is 1.41. The maximum absolute atomic E-state index is 12.2. The molecule has 2 amide bonds. The number of imidazole rings is 1. The fourth-order valence-corrected chi connectivity index (χ4v) is 3.38. The SMILES string of the molecule is CC(C)CCO[C@H]1CCN(C(=O)NCc2cn3ccsc3n2)C1. The van der Waals surface area contributed by atoms with Gasteiger partial charge >= 0.3 is 6.03 Å². The Morgan fingerprint density at radius 3 is 3.22 bits per heavy atom. The minimum Gasteiger partial charge on any atom is -0.376 e. The minimum atomic E-state index is -0.0312. The molecule has 2 aromatic heterocycles. The van der Waals surface area contributed by atoms with Crippen LogP contribution in [-0.2, 0) is 11.3 Å². The number of hydrogen-bond acceptors (Lipinski definition) is 4. The summed E-state index contributed by atoms with van der Waals surface area (Å²) in [4.78, 5) is 19.5. The minimum absolute atomic E-state index is 0.0312. The number of fused-ring (bicyclic) bond motifs is 1. The molecule has 0 aliphatic carbocycles. The number of amides is 2. The molecule has 1 aliphatic heterocycles. The Kier molecular flexibility index (Phi) is 5.17. The molecule has 0 bridgehead atoms. The van der Waals surface area contributed by atoms with Crippen molar-refractivity contribution >= 4 is 22.3 Å². The van der Waals surface area contributed by atoms with Crippen LogP contribution in [0.2, 0.25) is 0 Å². The third-order valence-electron chi connectivity index (χ3n) is 4.04. The molecule has 1 saturated heterocycles. The molecule has 2 aromatic rings. The van der Waals surface area contributed by atoms with Gasteiger partial charge < -0.3 is 15.0 Å². The maximum atomic E-state index is 12.2. The molecule has 0 saturated carbocycles. The van der Waals surface area contributed by atoms with Crippen LogP contribution in [0.25, 0.3) is 4.96 Å². The molecule has 1 N–H and O–H groups in total. The number of rotatable bonds is 6. The predicted molar refractivity (Wildman–Crippen MR) is 90.7 cm³/mol. The van der Waals surface area contributed by atoms with E-state index in [9.17, 15) is 4.79 Å². The predicted octanol–water partition coefficient (Wildman–Crippen LogP) is 2.74. The summed E-state index contributed by atoms with van der Waals surface area (Å²) >= 11 is 1.59. The van der Waals surface area contributed by atoms with Crippen molar-refractivity contribution in [3.63, 3.8) is 0 Å². The van der Waals surface area contributed by atoms with E-state index in [1.165, 1.54) is 0 Å². The Labute approximate surface area is 140 Å².